The van der Waals surface area contributed by atoms with Crippen LogP contribution in [0.1, 0.15) is 35.9 Å². The van der Waals surface area contributed by atoms with Crippen molar-refractivity contribution in [1.29, 1.82) is 0 Å². The first kappa shape index (κ1) is 27.5. The summed E-state index contributed by atoms with van der Waals surface area (Å²) in [5.41, 5.74) is 0.775. The smallest absolute Gasteiger partial charge is 0.481 e. The number of piperazine rings is 1. The van der Waals surface area contributed by atoms with Gasteiger partial charge in [0.05, 0.1) is 19.7 Å². The topological polar surface area (TPSA) is 151 Å². The van der Waals surface area contributed by atoms with E-state index in [1.54, 1.807) is 19.9 Å². The maximum atomic E-state index is 13.7. The first-order chi connectivity index (χ1) is 17.7. The molecule has 2 N–H and O–H groups in total. The molecule has 0 saturated carbocycles. The van der Waals surface area contributed by atoms with Crippen molar-refractivity contribution in [3.05, 3.63) is 47.5 Å². The highest BCUT2D eigenvalue weighted by molar-refractivity contribution is 5.96. The Balaban J connectivity index is 1.71. The van der Waals surface area contributed by atoms with Crippen molar-refractivity contribution in [2.75, 3.05) is 32.8 Å². The zero-order valence-electron chi connectivity index (χ0n) is 20.5. The van der Waals surface area contributed by atoms with E-state index < -0.39 is 35.8 Å². The maximum Gasteiger partial charge on any atom is 0.527 e. The molecule has 2 amide bonds. The minimum Gasteiger partial charge on any atom is -0.481 e. The van der Waals surface area contributed by atoms with E-state index in [-0.39, 0.29) is 57.1 Å². The van der Waals surface area contributed by atoms with Gasteiger partial charge in [-0.15, -0.1) is 5.06 Å². The van der Waals surface area contributed by atoms with Crippen LogP contribution in [0.5, 0.6) is 0 Å². The number of carbonyl (C=O) groups excluding carboxylic acids is 3. The molecule has 37 heavy (non-hydrogen) atoms. The average Bonchev–Trinajstić information content (AvgIpc) is 2.86. The quantitative estimate of drug-likeness (QED) is 0.471. The standard InChI is InChI=1S/C24H28FN5O7/c1-3-36-24(35)37-30-11-9-29(10-12-30)23(34)18(7-8-20(31)32)28-22(33)19-13-15(2)26-21(27-19)16-5-4-6-17(25)14-16/h4-6,13-14,18H,3,7-12H2,1-2H3,(H,28,33)(H,31,32)/t18-/m0/s1. The van der Waals surface area contributed by atoms with Gasteiger partial charge < -0.3 is 24.9 Å². The number of nitrogens with one attached hydrogen (secondary N) is 1. The van der Waals surface area contributed by atoms with Gasteiger partial charge in [-0.25, -0.2) is 19.2 Å². The monoisotopic (exact) mass is 517 g/mol. The van der Waals surface area contributed by atoms with E-state index in [2.05, 4.69) is 15.3 Å². The zero-order chi connectivity index (χ0) is 26.9. The number of aryl methyl sites for hydroxylation is 1. The number of ether oxygens (including phenoxy) is 1. The Morgan fingerprint density at radius 1 is 1.14 bits per heavy atom. The average molecular weight is 518 g/mol. The number of carboxylic acid groups (broad SMARTS) is 1. The van der Waals surface area contributed by atoms with Gasteiger partial charge in [0.2, 0.25) is 5.91 Å². The normalized spacial score (nSPS) is 14.5. The molecule has 2 heterocycles. The molecule has 1 atom stereocenters. The molecule has 13 heteroatoms. The second-order valence-corrected chi connectivity index (χ2v) is 8.22. The van der Waals surface area contributed by atoms with E-state index in [0.717, 1.165) is 0 Å². The molecule has 1 aliphatic heterocycles. The number of hydrogen-bond donors (Lipinski definition) is 2. The summed E-state index contributed by atoms with van der Waals surface area (Å²) in [7, 11) is 0. The highest BCUT2D eigenvalue weighted by atomic mass is 19.1. The summed E-state index contributed by atoms with van der Waals surface area (Å²) in [6, 6.07) is 5.89. The lowest BCUT2D eigenvalue weighted by Gasteiger charge is -2.35. The lowest BCUT2D eigenvalue weighted by atomic mass is 10.1. The van der Waals surface area contributed by atoms with Gasteiger partial charge in [0.1, 0.15) is 17.6 Å². The van der Waals surface area contributed by atoms with Gasteiger partial charge in [0, 0.05) is 30.8 Å². The van der Waals surface area contributed by atoms with Crippen LogP contribution in [0, 0.1) is 12.7 Å². The number of hydrogen-bond acceptors (Lipinski definition) is 9. The second kappa shape index (κ2) is 12.7. The summed E-state index contributed by atoms with van der Waals surface area (Å²) in [5, 5.41) is 13.1. The molecular formula is C24H28FN5O7. The molecule has 3 rings (SSSR count). The molecule has 1 aromatic carbocycles. The molecule has 1 aliphatic rings. The van der Waals surface area contributed by atoms with Crippen LogP contribution < -0.4 is 5.32 Å². The van der Waals surface area contributed by atoms with Gasteiger partial charge in [0.25, 0.3) is 5.91 Å². The molecule has 1 aromatic heterocycles. The van der Waals surface area contributed by atoms with E-state index in [1.165, 1.54) is 34.2 Å². The Kier molecular flexibility index (Phi) is 9.44. The highest BCUT2D eigenvalue weighted by Crippen LogP contribution is 2.17. The Morgan fingerprint density at radius 3 is 2.51 bits per heavy atom. The molecule has 0 unspecified atom stereocenters. The molecule has 198 valence electrons. The largest absolute Gasteiger partial charge is 0.527 e. The first-order valence-corrected chi connectivity index (χ1v) is 11.7. The van der Waals surface area contributed by atoms with Crippen molar-refractivity contribution in [1.82, 2.24) is 25.2 Å². The summed E-state index contributed by atoms with van der Waals surface area (Å²) in [6.45, 7) is 4.26. The van der Waals surface area contributed by atoms with Gasteiger partial charge in [-0.05, 0) is 38.5 Å². The minimum atomic E-state index is -1.13. The van der Waals surface area contributed by atoms with E-state index in [1.807, 2.05) is 0 Å². The van der Waals surface area contributed by atoms with Crippen molar-refractivity contribution < 1.29 is 38.2 Å². The number of hydroxylamine groups is 2. The lowest BCUT2D eigenvalue weighted by molar-refractivity contribution is -0.157. The number of benzene rings is 1. The van der Waals surface area contributed by atoms with Gasteiger partial charge >= 0.3 is 12.1 Å². The zero-order valence-corrected chi connectivity index (χ0v) is 20.5. The number of nitrogens with zero attached hydrogens (tertiary/aromatic N) is 4. The molecule has 0 bridgehead atoms. The number of rotatable bonds is 9. The van der Waals surface area contributed by atoms with Gasteiger partial charge in [-0.2, -0.15) is 0 Å². The molecular weight excluding hydrogens is 489 g/mol. The Morgan fingerprint density at radius 2 is 1.86 bits per heavy atom. The SMILES string of the molecule is CCOC(=O)ON1CCN(C(=O)[C@H](CCC(=O)O)NC(=O)c2cc(C)nc(-c3cccc(F)c3)n2)CC1. The number of amides is 2. The Labute approximate surface area is 212 Å². The number of aromatic nitrogens is 2. The summed E-state index contributed by atoms with van der Waals surface area (Å²) in [6.07, 6.45) is -1.33. The van der Waals surface area contributed by atoms with Crippen LogP contribution in [0.3, 0.4) is 0 Å². The van der Waals surface area contributed by atoms with Crippen LogP contribution in [0.15, 0.2) is 30.3 Å². The molecule has 0 aliphatic carbocycles. The fourth-order valence-electron chi connectivity index (χ4n) is 3.67. The molecule has 1 fully saturated rings. The van der Waals surface area contributed by atoms with Crippen LogP contribution in [-0.2, 0) is 19.2 Å². The van der Waals surface area contributed by atoms with Crippen molar-refractivity contribution in [3.8, 4) is 11.4 Å². The second-order valence-electron chi connectivity index (χ2n) is 8.22. The lowest BCUT2D eigenvalue weighted by Crippen LogP contribution is -2.55. The van der Waals surface area contributed by atoms with Crippen molar-refractivity contribution in [2.24, 2.45) is 0 Å². The predicted octanol–water partition coefficient (Wildman–Crippen LogP) is 1.79. The number of halogens is 1. The summed E-state index contributed by atoms with van der Waals surface area (Å²) in [4.78, 5) is 63.9. The number of carboxylic acids is 1. The van der Waals surface area contributed by atoms with Crippen LogP contribution in [0.4, 0.5) is 9.18 Å². The Hall–Kier alpha value is -4.13. The molecule has 2 aromatic rings. The molecule has 0 spiro atoms. The van der Waals surface area contributed by atoms with Crippen molar-refractivity contribution >= 4 is 23.9 Å². The third-order valence-electron chi connectivity index (χ3n) is 5.44. The fraction of sp³-hybridized carbons (Fsp3) is 0.417. The fourth-order valence-corrected chi connectivity index (χ4v) is 3.67. The minimum absolute atomic E-state index is 0.0486. The number of aliphatic carboxylic acids is 1. The molecule has 0 radical (unpaired) electrons. The van der Waals surface area contributed by atoms with Crippen LogP contribution in [-0.4, -0.2) is 87.8 Å². The predicted molar refractivity (Wildman–Crippen MR) is 127 cm³/mol. The van der Waals surface area contributed by atoms with E-state index >= 15 is 0 Å². The van der Waals surface area contributed by atoms with E-state index in [9.17, 15) is 23.6 Å². The van der Waals surface area contributed by atoms with Crippen LogP contribution >= 0.6 is 0 Å². The van der Waals surface area contributed by atoms with Crippen LogP contribution in [0.2, 0.25) is 0 Å². The summed E-state index contributed by atoms with van der Waals surface area (Å²) < 4.78 is 18.4. The summed E-state index contributed by atoms with van der Waals surface area (Å²) >= 11 is 0. The molecule has 1 saturated heterocycles. The van der Waals surface area contributed by atoms with E-state index in [0.29, 0.717) is 11.3 Å². The maximum absolute atomic E-state index is 13.7. The van der Waals surface area contributed by atoms with Crippen molar-refractivity contribution in [2.45, 2.75) is 32.7 Å². The number of carbonyl (C=O) groups is 4. The van der Waals surface area contributed by atoms with E-state index in [4.69, 9.17) is 14.7 Å². The third-order valence-corrected chi connectivity index (χ3v) is 5.44. The Bertz CT molecular complexity index is 1150. The van der Waals surface area contributed by atoms with Gasteiger partial charge in [-0.3, -0.25) is 14.4 Å². The first-order valence-electron chi connectivity index (χ1n) is 11.7. The highest BCUT2D eigenvalue weighted by Gasteiger charge is 2.31. The third kappa shape index (κ3) is 7.93. The van der Waals surface area contributed by atoms with Gasteiger partial charge in [-0.1, -0.05) is 12.1 Å². The van der Waals surface area contributed by atoms with Crippen LogP contribution in [0.25, 0.3) is 11.4 Å². The summed E-state index contributed by atoms with van der Waals surface area (Å²) in [5.74, 6) is -2.64. The van der Waals surface area contributed by atoms with Crippen molar-refractivity contribution in [3.63, 3.8) is 0 Å². The molecule has 12 nitrogen and oxygen atoms in total. The van der Waals surface area contributed by atoms with Gasteiger partial charge in [0.15, 0.2) is 5.82 Å².